The van der Waals surface area contributed by atoms with Gasteiger partial charge in [-0.2, -0.15) is 18.4 Å². The van der Waals surface area contributed by atoms with Gasteiger partial charge in [-0.3, -0.25) is 4.79 Å². The first-order chi connectivity index (χ1) is 17.8. The number of piperidine rings is 1. The fourth-order valence-corrected chi connectivity index (χ4v) is 4.50. The molecule has 1 fully saturated rings. The number of anilines is 1. The maximum Gasteiger partial charge on any atom is 0.418 e. The third-order valence-corrected chi connectivity index (χ3v) is 6.27. The number of aliphatic hydroxyl groups is 1. The average molecular weight is 520 g/mol. The molecule has 0 saturated carbocycles. The van der Waals surface area contributed by atoms with Crippen molar-refractivity contribution in [3.8, 4) is 6.07 Å². The van der Waals surface area contributed by atoms with Crippen LogP contribution in [0.2, 0.25) is 0 Å². The molecular weight excluding hydrogens is 487 g/mol. The zero-order valence-electron chi connectivity index (χ0n) is 20.8. The van der Waals surface area contributed by atoms with E-state index in [2.05, 4.69) is 17.1 Å². The average Bonchev–Trinajstić information content (AvgIpc) is 2.87. The van der Waals surface area contributed by atoms with Gasteiger partial charge in [-0.15, -0.1) is 0 Å². The minimum atomic E-state index is -4.93. The fourth-order valence-electron chi connectivity index (χ4n) is 4.50. The Morgan fingerprint density at radius 2 is 1.92 bits per heavy atom. The molecule has 0 spiro atoms. The molecule has 7 nitrogen and oxygen atoms in total. The molecule has 1 aliphatic heterocycles. The molecule has 1 unspecified atom stereocenters. The number of carbonyl (C=O) groups excluding carboxylic acids is 1. The smallest absolute Gasteiger partial charge is 0.394 e. The molecule has 0 aliphatic carbocycles. The first-order valence-corrected chi connectivity index (χ1v) is 12.3. The number of fused-ring (bicyclic) bond motifs is 1. The molecule has 1 aliphatic rings. The van der Waals surface area contributed by atoms with Crippen LogP contribution in [0, 0.1) is 11.3 Å². The summed E-state index contributed by atoms with van der Waals surface area (Å²) in [4.78, 5) is 14.8. The predicted octanol–water partition coefficient (Wildman–Crippen LogP) is 4.20. The summed E-state index contributed by atoms with van der Waals surface area (Å²) in [5, 5.41) is 22.0. The third-order valence-electron chi connectivity index (χ3n) is 6.27. The highest BCUT2D eigenvalue weighted by Crippen LogP contribution is 2.39. The topological polar surface area (TPSA) is 94.8 Å². The summed E-state index contributed by atoms with van der Waals surface area (Å²) in [5.74, 6) is -1.12. The van der Waals surface area contributed by atoms with Crippen LogP contribution >= 0.6 is 0 Å². The molecule has 200 valence electrons. The van der Waals surface area contributed by atoms with Crippen molar-refractivity contribution in [2.24, 2.45) is 0 Å². The Morgan fingerprint density at radius 1 is 1.16 bits per heavy atom. The van der Waals surface area contributed by atoms with Crippen molar-refractivity contribution < 1.29 is 32.5 Å². The monoisotopic (exact) mass is 519 g/mol. The summed E-state index contributed by atoms with van der Waals surface area (Å²) in [6, 6.07) is 11.7. The fraction of sp³-hybridized carbons (Fsp3) is 0.481. The Kier molecular flexibility index (Phi) is 10.3. The van der Waals surface area contributed by atoms with E-state index in [1.165, 1.54) is 18.2 Å². The molecule has 3 rings (SSSR count). The van der Waals surface area contributed by atoms with Crippen molar-refractivity contribution in [1.82, 2.24) is 5.32 Å². The molecule has 1 amide bonds. The van der Waals surface area contributed by atoms with E-state index in [9.17, 15) is 23.2 Å². The number of nitrogens with one attached hydrogen (secondary N) is 1. The van der Waals surface area contributed by atoms with Crippen molar-refractivity contribution in [1.29, 1.82) is 5.26 Å². The summed E-state index contributed by atoms with van der Waals surface area (Å²) >= 11 is 0. The standard InChI is InChI=1S/C27H32F3N3O4/c1-19-5-2-3-11-33(19)24-7-4-6-20-8-9-21(17-22(20)24)25(27(28,29)30)23(18-31)26(35)32-10-13-36-15-16-37-14-12-34/h4,6-9,17,19,34H,2-3,5,10-16H2,1H3,(H,32,35)/b25-23-. The van der Waals surface area contributed by atoms with Gasteiger partial charge >= 0.3 is 6.18 Å². The number of nitrogens with zero attached hydrogens (tertiary/aromatic N) is 2. The normalized spacial score (nSPS) is 16.9. The van der Waals surface area contributed by atoms with Crippen LogP contribution in [-0.4, -0.2) is 69.4 Å². The summed E-state index contributed by atoms with van der Waals surface area (Å²) in [6.07, 6.45) is -1.81. The van der Waals surface area contributed by atoms with Crippen LogP contribution in [-0.2, 0) is 14.3 Å². The van der Waals surface area contributed by atoms with Crippen molar-refractivity contribution in [3.63, 3.8) is 0 Å². The van der Waals surface area contributed by atoms with Gasteiger partial charge in [0.2, 0.25) is 0 Å². The number of ether oxygens (including phenoxy) is 2. The number of carbonyl (C=O) groups is 1. The van der Waals surface area contributed by atoms with Gasteiger partial charge in [0, 0.05) is 30.2 Å². The number of hydrogen-bond donors (Lipinski definition) is 2. The van der Waals surface area contributed by atoms with Crippen molar-refractivity contribution in [3.05, 3.63) is 47.5 Å². The predicted molar refractivity (Wildman–Crippen MR) is 135 cm³/mol. The molecule has 37 heavy (non-hydrogen) atoms. The molecule has 0 bridgehead atoms. The molecular formula is C27H32F3N3O4. The Balaban J connectivity index is 1.87. The summed E-state index contributed by atoms with van der Waals surface area (Å²) in [7, 11) is 0. The molecule has 1 atom stereocenters. The highest BCUT2D eigenvalue weighted by molar-refractivity contribution is 6.07. The van der Waals surface area contributed by atoms with E-state index in [4.69, 9.17) is 14.6 Å². The second kappa shape index (κ2) is 13.4. The van der Waals surface area contributed by atoms with E-state index in [0.29, 0.717) is 5.39 Å². The largest absolute Gasteiger partial charge is 0.418 e. The number of benzene rings is 2. The molecule has 10 heteroatoms. The van der Waals surface area contributed by atoms with Gasteiger partial charge in [0.15, 0.2) is 0 Å². The van der Waals surface area contributed by atoms with Gasteiger partial charge in [-0.25, -0.2) is 0 Å². The summed E-state index contributed by atoms with van der Waals surface area (Å²) in [6.45, 7) is 3.35. The van der Waals surface area contributed by atoms with E-state index < -0.39 is 23.2 Å². The Labute approximate surface area is 214 Å². The van der Waals surface area contributed by atoms with Crippen molar-refractivity contribution >= 4 is 27.9 Å². The molecule has 0 radical (unpaired) electrons. The second-order valence-corrected chi connectivity index (χ2v) is 8.82. The lowest BCUT2D eigenvalue weighted by atomic mass is 9.94. The Bertz CT molecular complexity index is 1140. The number of amides is 1. The number of nitriles is 1. The van der Waals surface area contributed by atoms with Crippen LogP contribution in [0.15, 0.2) is 42.0 Å². The molecule has 2 aromatic rings. The summed E-state index contributed by atoms with van der Waals surface area (Å²) < 4.78 is 53.0. The maximum absolute atomic E-state index is 14.3. The van der Waals surface area contributed by atoms with Gasteiger partial charge < -0.3 is 24.8 Å². The minimum absolute atomic E-state index is 0.0294. The zero-order chi connectivity index (χ0) is 26.8. The molecule has 1 saturated heterocycles. The summed E-state index contributed by atoms with van der Waals surface area (Å²) in [5.41, 5.74) is -1.66. The highest BCUT2D eigenvalue weighted by atomic mass is 19.4. The molecule has 2 N–H and O–H groups in total. The highest BCUT2D eigenvalue weighted by Gasteiger charge is 2.39. The minimum Gasteiger partial charge on any atom is -0.394 e. The van der Waals surface area contributed by atoms with Gasteiger partial charge in [0.25, 0.3) is 5.91 Å². The van der Waals surface area contributed by atoms with E-state index in [1.54, 1.807) is 6.07 Å². The Morgan fingerprint density at radius 3 is 2.59 bits per heavy atom. The van der Waals surface area contributed by atoms with Crippen molar-refractivity contribution in [2.45, 2.75) is 38.4 Å². The number of halogens is 3. The lowest BCUT2D eigenvalue weighted by Crippen LogP contribution is -2.37. The number of hydrogen-bond acceptors (Lipinski definition) is 6. The van der Waals surface area contributed by atoms with Gasteiger partial charge in [-0.05, 0) is 49.3 Å². The zero-order valence-corrected chi connectivity index (χ0v) is 20.8. The van der Waals surface area contributed by atoms with Gasteiger partial charge in [-0.1, -0.05) is 24.3 Å². The SMILES string of the molecule is CC1CCCCN1c1cccc2ccc(/C(=C(\C#N)C(=O)NCCOCCOCCO)C(F)(F)F)cc12. The van der Waals surface area contributed by atoms with E-state index in [1.807, 2.05) is 18.2 Å². The maximum atomic E-state index is 14.3. The quantitative estimate of drug-likeness (QED) is 0.263. The van der Waals surface area contributed by atoms with E-state index in [-0.39, 0.29) is 51.2 Å². The van der Waals surface area contributed by atoms with E-state index in [0.717, 1.165) is 36.9 Å². The molecule has 0 aromatic heterocycles. The second-order valence-electron chi connectivity index (χ2n) is 8.82. The molecule has 2 aromatic carbocycles. The number of alkyl halides is 3. The first-order valence-electron chi connectivity index (χ1n) is 12.3. The number of aliphatic hydroxyl groups excluding tert-OH is 1. The van der Waals surface area contributed by atoms with E-state index >= 15 is 0 Å². The lowest BCUT2D eigenvalue weighted by Gasteiger charge is -2.36. The van der Waals surface area contributed by atoms with Crippen LogP contribution in [0.3, 0.4) is 0 Å². The lowest BCUT2D eigenvalue weighted by molar-refractivity contribution is -0.117. The van der Waals surface area contributed by atoms with Crippen LogP contribution in [0.25, 0.3) is 16.3 Å². The van der Waals surface area contributed by atoms with Crippen LogP contribution in [0.4, 0.5) is 18.9 Å². The van der Waals surface area contributed by atoms with Gasteiger partial charge in [0.05, 0.1) is 38.6 Å². The number of rotatable bonds is 11. The molecule has 1 heterocycles. The Hall–Kier alpha value is -3.13. The first kappa shape index (κ1) is 28.4. The third kappa shape index (κ3) is 7.44. The van der Waals surface area contributed by atoms with Crippen molar-refractivity contribution in [2.75, 3.05) is 51.0 Å². The van der Waals surface area contributed by atoms with Crippen LogP contribution in [0.1, 0.15) is 31.7 Å². The number of allylic oxidation sites excluding steroid dienone is 1. The van der Waals surface area contributed by atoms with Crippen LogP contribution in [0.5, 0.6) is 0 Å². The van der Waals surface area contributed by atoms with Gasteiger partial charge in [0.1, 0.15) is 11.6 Å². The van der Waals surface area contributed by atoms with Crippen LogP contribution < -0.4 is 10.2 Å².